The molecule has 1 aromatic heterocycles. The smallest absolute Gasteiger partial charge is 0.148 e. The average Bonchev–Trinajstić information content (AvgIpc) is 2.39. The first kappa shape index (κ1) is 12.8. The number of nitrogens with one attached hydrogen (secondary N) is 1. The van der Waals surface area contributed by atoms with Crippen molar-refractivity contribution in [3.05, 3.63) is 24.0 Å². The van der Waals surface area contributed by atoms with Crippen LogP contribution in [0.5, 0.6) is 5.75 Å². The summed E-state index contributed by atoms with van der Waals surface area (Å²) in [4.78, 5) is 4.02. The van der Waals surface area contributed by atoms with Gasteiger partial charge in [-0.25, -0.2) is 0 Å². The largest absolute Gasteiger partial charge is 0.488 e. The highest BCUT2D eigenvalue weighted by Gasteiger charge is 2.24. The molecular formula is C13H19N3O2. The maximum Gasteiger partial charge on any atom is 0.148 e. The third kappa shape index (κ3) is 2.98. The van der Waals surface area contributed by atoms with E-state index in [2.05, 4.69) is 4.98 Å². The second kappa shape index (κ2) is 5.82. The first-order valence-electron chi connectivity index (χ1n) is 6.18. The van der Waals surface area contributed by atoms with E-state index >= 15 is 0 Å². The van der Waals surface area contributed by atoms with Gasteiger partial charge in [-0.15, -0.1) is 0 Å². The zero-order valence-electron chi connectivity index (χ0n) is 10.6. The van der Waals surface area contributed by atoms with Crippen LogP contribution in [-0.2, 0) is 4.74 Å². The molecule has 0 aliphatic heterocycles. The second-order valence-corrected chi connectivity index (χ2v) is 4.55. The Balaban J connectivity index is 2.07. The Labute approximate surface area is 107 Å². The van der Waals surface area contributed by atoms with Crippen LogP contribution in [0.15, 0.2) is 18.5 Å². The fourth-order valence-corrected chi connectivity index (χ4v) is 2.30. The van der Waals surface area contributed by atoms with Gasteiger partial charge in [0.1, 0.15) is 17.7 Å². The van der Waals surface area contributed by atoms with Gasteiger partial charge in [0.05, 0.1) is 17.9 Å². The molecule has 1 aliphatic rings. The molecule has 2 rings (SSSR count). The number of nitrogen functional groups attached to an aromatic ring is 1. The molecule has 3 N–H and O–H groups in total. The molecule has 0 amide bonds. The Bertz CT molecular complexity index is 422. The number of hydrogen-bond donors (Lipinski definition) is 2. The molecular weight excluding hydrogens is 230 g/mol. The molecule has 0 radical (unpaired) electrons. The van der Waals surface area contributed by atoms with Crippen molar-refractivity contribution in [2.24, 2.45) is 5.73 Å². The molecule has 1 saturated carbocycles. The quantitative estimate of drug-likeness (QED) is 0.628. The average molecular weight is 249 g/mol. The minimum atomic E-state index is 0.00602. The molecule has 2 unspecified atom stereocenters. The summed E-state index contributed by atoms with van der Waals surface area (Å²) < 4.78 is 11.3. The van der Waals surface area contributed by atoms with Crippen LogP contribution in [0, 0.1) is 5.41 Å². The number of methoxy groups -OCH3 is 1. The van der Waals surface area contributed by atoms with Gasteiger partial charge in [-0.05, 0) is 25.3 Å². The van der Waals surface area contributed by atoms with Gasteiger partial charge in [-0.1, -0.05) is 0 Å². The van der Waals surface area contributed by atoms with E-state index in [9.17, 15) is 0 Å². The lowest BCUT2D eigenvalue weighted by Gasteiger charge is -2.29. The predicted molar refractivity (Wildman–Crippen MR) is 68.9 cm³/mol. The number of hydrogen-bond acceptors (Lipinski definition) is 4. The van der Waals surface area contributed by atoms with E-state index in [1.807, 2.05) is 0 Å². The van der Waals surface area contributed by atoms with Crippen molar-refractivity contribution < 1.29 is 9.47 Å². The minimum Gasteiger partial charge on any atom is -0.488 e. The molecule has 1 aromatic rings. The Kier molecular flexibility index (Phi) is 4.15. The Morgan fingerprint density at radius 1 is 1.44 bits per heavy atom. The standard InChI is InChI=1S/C13H19N3O2/c1-17-9-3-2-4-10(7-9)18-12-8-16-6-5-11(12)13(14)15/h5-6,8-10H,2-4,7H2,1H3,(H3,14,15). The van der Waals surface area contributed by atoms with E-state index in [-0.39, 0.29) is 18.0 Å². The molecule has 0 saturated heterocycles. The van der Waals surface area contributed by atoms with Crippen LogP contribution < -0.4 is 10.5 Å². The number of ether oxygens (including phenoxy) is 2. The first-order chi connectivity index (χ1) is 8.70. The summed E-state index contributed by atoms with van der Waals surface area (Å²) in [6, 6.07) is 1.70. The Hall–Kier alpha value is -1.62. The number of amidine groups is 1. The number of nitrogens with zero attached hydrogens (tertiary/aromatic N) is 1. The van der Waals surface area contributed by atoms with Crippen LogP contribution in [0.4, 0.5) is 0 Å². The van der Waals surface area contributed by atoms with E-state index in [4.69, 9.17) is 20.6 Å². The summed E-state index contributed by atoms with van der Waals surface area (Å²) in [6.45, 7) is 0. The lowest BCUT2D eigenvalue weighted by Crippen LogP contribution is -2.30. The molecule has 18 heavy (non-hydrogen) atoms. The summed E-state index contributed by atoms with van der Waals surface area (Å²) in [5.41, 5.74) is 6.13. The van der Waals surface area contributed by atoms with E-state index in [0.29, 0.717) is 11.3 Å². The van der Waals surface area contributed by atoms with Crippen LogP contribution in [0.25, 0.3) is 0 Å². The van der Waals surface area contributed by atoms with E-state index in [1.165, 1.54) is 0 Å². The molecule has 5 nitrogen and oxygen atoms in total. The van der Waals surface area contributed by atoms with Gasteiger partial charge in [0.25, 0.3) is 0 Å². The molecule has 1 heterocycles. The van der Waals surface area contributed by atoms with Crippen molar-refractivity contribution in [2.45, 2.75) is 37.9 Å². The highest BCUT2D eigenvalue weighted by Crippen LogP contribution is 2.26. The Morgan fingerprint density at radius 2 is 2.22 bits per heavy atom. The van der Waals surface area contributed by atoms with Crippen molar-refractivity contribution in [3.63, 3.8) is 0 Å². The van der Waals surface area contributed by atoms with Gasteiger partial charge in [0.2, 0.25) is 0 Å². The zero-order chi connectivity index (χ0) is 13.0. The summed E-state index contributed by atoms with van der Waals surface area (Å²) in [5, 5.41) is 7.51. The second-order valence-electron chi connectivity index (χ2n) is 4.55. The van der Waals surface area contributed by atoms with E-state index in [1.54, 1.807) is 25.6 Å². The summed E-state index contributed by atoms with van der Waals surface area (Å²) >= 11 is 0. The van der Waals surface area contributed by atoms with E-state index in [0.717, 1.165) is 25.7 Å². The summed E-state index contributed by atoms with van der Waals surface area (Å²) in [7, 11) is 1.73. The number of nitrogens with two attached hydrogens (primary N) is 1. The first-order valence-corrected chi connectivity index (χ1v) is 6.18. The summed E-state index contributed by atoms with van der Waals surface area (Å²) in [5.74, 6) is 0.596. The van der Waals surface area contributed by atoms with Gasteiger partial charge in [-0.3, -0.25) is 10.4 Å². The topological polar surface area (TPSA) is 81.2 Å². The fraction of sp³-hybridized carbons (Fsp3) is 0.538. The summed E-state index contributed by atoms with van der Waals surface area (Å²) in [6.07, 6.45) is 7.68. The lowest BCUT2D eigenvalue weighted by molar-refractivity contribution is 0.0208. The normalized spacial score (nSPS) is 23.6. The molecule has 1 aliphatic carbocycles. The maximum absolute atomic E-state index is 7.51. The Morgan fingerprint density at radius 3 is 2.94 bits per heavy atom. The minimum absolute atomic E-state index is 0.00602. The molecule has 98 valence electrons. The number of pyridine rings is 1. The zero-order valence-corrected chi connectivity index (χ0v) is 10.6. The van der Waals surface area contributed by atoms with Crippen LogP contribution in [-0.4, -0.2) is 30.1 Å². The molecule has 0 aromatic carbocycles. The molecule has 0 spiro atoms. The van der Waals surface area contributed by atoms with Gasteiger partial charge < -0.3 is 15.2 Å². The molecule has 0 bridgehead atoms. The highest BCUT2D eigenvalue weighted by molar-refractivity contribution is 5.97. The van der Waals surface area contributed by atoms with Gasteiger partial charge in [0.15, 0.2) is 0 Å². The SMILES string of the molecule is COC1CCCC(Oc2cnccc2C(=N)N)C1. The van der Waals surface area contributed by atoms with Gasteiger partial charge in [0, 0.05) is 19.7 Å². The predicted octanol–water partition coefficient (Wildman–Crippen LogP) is 1.70. The van der Waals surface area contributed by atoms with Crippen molar-refractivity contribution in [2.75, 3.05) is 7.11 Å². The number of rotatable bonds is 4. The maximum atomic E-state index is 7.51. The van der Waals surface area contributed by atoms with Gasteiger partial charge in [-0.2, -0.15) is 0 Å². The monoisotopic (exact) mass is 249 g/mol. The number of aromatic nitrogens is 1. The fourth-order valence-electron chi connectivity index (χ4n) is 2.30. The van der Waals surface area contributed by atoms with Crippen LogP contribution in [0.2, 0.25) is 0 Å². The van der Waals surface area contributed by atoms with Crippen molar-refractivity contribution in [1.29, 1.82) is 5.41 Å². The van der Waals surface area contributed by atoms with E-state index < -0.39 is 0 Å². The molecule has 2 atom stereocenters. The van der Waals surface area contributed by atoms with Crippen LogP contribution in [0.3, 0.4) is 0 Å². The molecule has 5 heteroatoms. The van der Waals surface area contributed by atoms with Crippen molar-refractivity contribution in [1.82, 2.24) is 4.98 Å². The van der Waals surface area contributed by atoms with Crippen LogP contribution >= 0.6 is 0 Å². The molecule has 1 fully saturated rings. The van der Waals surface area contributed by atoms with Gasteiger partial charge >= 0.3 is 0 Å². The van der Waals surface area contributed by atoms with Crippen molar-refractivity contribution in [3.8, 4) is 5.75 Å². The lowest BCUT2D eigenvalue weighted by atomic mass is 9.95. The third-order valence-electron chi connectivity index (χ3n) is 3.28. The van der Waals surface area contributed by atoms with Crippen molar-refractivity contribution >= 4 is 5.84 Å². The van der Waals surface area contributed by atoms with Crippen LogP contribution in [0.1, 0.15) is 31.2 Å². The third-order valence-corrected chi connectivity index (χ3v) is 3.28. The highest BCUT2D eigenvalue weighted by atomic mass is 16.5.